The van der Waals surface area contributed by atoms with Crippen LogP contribution in [0.1, 0.15) is 19.4 Å². The van der Waals surface area contributed by atoms with Gasteiger partial charge in [0, 0.05) is 18.7 Å². The molecule has 0 saturated carbocycles. The number of carbonyl (C=O) groups is 2. The molecule has 1 saturated heterocycles. The molecule has 0 radical (unpaired) electrons. The van der Waals surface area contributed by atoms with Crippen LogP contribution >= 0.6 is 0 Å². The number of morpholine rings is 1. The normalized spacial score (nSPS) is 22.4. The third-order valence-corrected chi connectivity index (χ3v) is 5.86. The second-order valence-electron chi connectivity index (χ2n) is 7.76. The van der Waals surface area contributed by atoms with Crippen molar-refractivity contribution in [2.24, 2.45) is 11.0 Å². The van der Waals surface area contributed by atoms with E-state index in [0.717, 1.165) is 17.0 Å². The van der Waals surface area contributed by atoms with E-state index in [2.05, 4.69) is 11.5 Å². The summed E-state index contributed by atoms with van der Waals surface area (Å²) in [5.41, 5.74) is 2.51. The number of rotatable bonds is 6. The van der Waals surface area contributed by atoms with Crippen LogP contribution in [-0.2, 0) is 23.8 Å². The predicted octanol–water partition coefficient (Wildman–Crippen LogP) is 2.60. The van der Waals surface area contributed by atoms with Gasteiger partial charge in [-0.25, -0.2) is 4.79 Å². The zero-order chi connectivity index (χ0) is 23.4. The maximum absolute atomic E-state index is 13.2. The Morgan fingerprint density at radius 3 is 2.48 bits per heavy atom. The van der Waals surface area contributed by atoms with E-state index < -0.39 is 23.9 Å². The van der Waals surface area contributed by atoms with Crippen molar-refractivity contribution < 1.29 is 23.8 Å². The maximum atomic E-state index is 13.2. The summed E-state index contributed by atoms with van der Waals surface area (Å²) in [6.07, 6.45) is 3.61. The van der Waals surface area contributed by atoms with Crippen molar-refractivity contribution in [2.75, 3.05) is 39.5 Å². The Hall–Kier alpha value is -3.39. The Labute approximate surface area is 193 Å². The molecule has 1 aromatic carbocycles. The number of esters is 2. The minimum Gasteiger partial charge on any atom is -0.465 e. The van der Waals surface area contributed by atoms with Gasteiger partial charge in [0.05, 0.1) is 43.7 Å². The Morgan fingerprint density at radius 2 is 1.85 bits per heavy atom. The first-order valence-corrected chi connectivity index (χ1v) is 11.3. The third-order valence-electron chi connectivity index (χ3n) is 5.86. The zero-order valence-corrected chi connectivity index (χ0v) is 19.0. The largest absolute Gasteiger partial charge is 0.465 e. The number of benzene rings is 1. The average Bonchev–Trinajstić information content (AvgIpc) is 3.19. The number of hydrogen-bond donors (Lipinski definition) is 0. The van der Waals surface area contributed by atoms with Crippen LogP contribution in [0.4, 0.5) is 0 Å². The van der Waals surface area contributed by atoms with E-state index in [1.807, 2.05) is 36.4 Å². The number of fused-ring (bicyclic) bond motifs is 1. The number of allylic oxidation sites excluding steroid dienone is 1. The van der Waals surface area contributed by atoms with Gasteiger partial charge in [0.1, 0.15) is 11.8 Å². The average molecular weight is 452 g/mol. The number of hydrogen-bond acceptors (Lipinski definition) is 8. The lowest BCUT2D eigenvalue weighted by molar-refractivity contribution is -0.150. The molecule has 1 fully saturated rings. The van der Waals surface area contributed by atoms with Crippen molar-refractivity contribution in [1.29, 1.82) is 0 Å². The Kier molecular flexibility index (Phi) is 6.93. The fourth-order valence-corrected chi connectivity index (χ4v) is 4.40. The summed E-state index contributed by atoms with van der Waals surface area (Å²) >= 11 is 0. The summed E-state index contributed by atoms with van der Waals surface area (Å²) in [4.78, 5) is 28.4. The van der Waals surface area contributed by atoms with Crippen molar-refractivity contribution in [2.45, 2.75) is 19.9 Å². The summed E-state index contributed by atoms with van der Waals surface area (Å²) in [5, 5.41) is 6.61. The summed E-state index contributed by atoms with van der Waals surface area (Å²) in [5.74, 6) is -1.19. The number of amidine groups is 1. The first-order valence-electron chi connectivity index (χ1n) is 11.3. The molecule has 3 aliphatic heterocycles. The molecule has 4 rings (SSSR count). The van der Waals surface area contributed by atoms with E-state index in [1.165, 1.54) is 0 Å². The molecule has 1 aromatic rings. The van der Waals surface area contributed by atoms with E-state index in [9.17, 15) is 9.59 Å². The highest BCUT2D eigenvalue weighted by atomic mass is 16.5. The van der Waals surface area contributed by atoms with Gasteiger partial charge in [-0.3, -0.25) is 9.80 Å². The monoisotopic (exact) mass is 451 g/mol. The van der Waals surface area contributed by atoms with Gasteiger partial charge in [0.15, 0.2) is 0 Å². The summed E-state index contributed by atoms with van der Waals surface area (Å²) in [7, 11) is 0. The van der Waals surface area contributed by atoms with Crippen molar-refractivity contribution in [1.82, 2.24) is 9.91 Å². The highest BCUT2D eigenvalue weighted by molar-refractivity contribution is 6.08. The molecule has 0 aromatic heterocycles. The molecule has 0 bridgehead atoms. The van der Waals surface area contributed by atoms with E-state index in [4.69, 9.17) is 19.3 Å². The molecule has 2 unspecified atom stereocenters. The van der Waals surface area contributed by atoms with Gasteiger partial charge in [-0.1, -0.05) is 36.4 Å². The van der Waals surface area contributed by atoms with Crippen LogP contribution in [0.25, 0.3) is 5.57 Å². The van der Waals surface area contributed by atoms with Gasteiger partial charge in [0.25, 0.3) is 0 Å². The van der Waals surface area contributed by atoms with Gasteiger partial charge in [-0.2, -0.15) is 5.10 Å². The lowest BCUT2D eigenvalue weighted by atomic mass is 9.91. The first-order chi connectivity index (χ1) is 16.1. The third kappa shape index (κ3) is 4.30. The summed E-state index contributed by atoms with van der Waals surface area (Å²) in [6.45, 7) is 10.5. The van der Waals surface area contributed by atoms with Crippen LogP contribution in [0, 0.1) is 5.92 Å². The molecule has 0 amide bonds. The smallest absolute Gasteiger partial charge is 0.337 e. The lowest BCUT2D eigenvalue weighted by Gasteiger charge is -2.35. The second-order valence-corrected chi connectivity index (χ2v) is 7.76. The molecule has 3 aliphatic rings. The highest BCUT2D eigenvalue weighted by Gasteiger charge is 2.50. The fraction of sp³-hybridized carbons (Fsp3) is 0.400. The van der Waals surface area contributed by atoms with Gasteiger partial charge in [-0.05, 0) is 25.5 Å². The summed E-state index contributed by atoms with van der Waals surface area (Å²) < 4.78 is 16.2. The lowest BCUT2D eigenvalue weighted by Crippen LogP contribution is -2.43. The van der Waals surface area contributed by atoms with Crippen LogP contribution in [-0.4, -0.2) is 73.2 Å². The summed E-state index contributed by atoms with van der Waals surface area (Å²) in [6, 6.07) is 9.18. The molecule has 0 spiro atoms. The minimum atomic E-state index is -0.892. The predicted molar refractivity (Wildman–Crippen MR) is 124 cm³/mol. The van der Waals surface area contributed by atoms with E-state index in [1.54, 1.807) is 24.9 Å². The van der Waals surface area contributed by atoms with Crippen molar-refractivity contribution in [3.8, 4) is 0 Å². The van der Waals surface area contributed by atoms with Gasteiger partial charge in [-0.15, -0.1) is 6.58 Å². The zero-order valence-electron chi connectivity index (χ0n) is 19.0. The molecular weight excluding hydrogens is 422 g/mol. The van der Waals surface area contributed by atoms with Crippen molar-refractivity contribution in [3.63, 3.8) is 0 Å². The standard InChI is InChI=1S/C25H29N3O5/c1-4-19-21(24(29)32-5-2)22(25(30)33-6-3)23-18(17-10-8-7-9-11-17)16-20(26-28(19)23)27-12-14-31-15-13-27/h4,7-11,16,19,21H,1,5-6,12-15H2,2-3H3. The number of carbonyl (C=O) groups excluding carboxylic acids is 2. The molecule has 0 aliphatic carbocycles. The number of ether oxygens (including phenoxy) is 3. The number of nitrogens with zero attached hydrogens (tertiary/aromatic N) is 3. The van der Waals surface area contributed by atoms with Gasteiger partial charge >= 0.3 is 11.9 Å². The molecular formula is C25H29N3O5. The molecule has 174 valence electrons. The Balaban J connectivity index is 1.92. The van der Waals surface area contributed by atoms with E-state index in [0.29, 0.717) is 32.0 Å². The number of hydrazone groups is 1. The van der Waals surface area contributed by atoms with E-state index in [-0.39, 0.29) is 18.8 Å². The molecule has 3 heterocycles. The first kappa shape index (κ1) is 22.8. The van der Waals surface area contributed by atoms with Crippen LogP contribution in [0.5, 0.6) is 0 Å². The quantitative estimate of drug-likeness (QED) is 0.486. The van der Waals surface area contributed by atoms with E-state index >= 15 is 0 Å². The topological polar surface area (TPSA) is 80.7 Å². The fourth-order valence-electron chi connectivity index (χ4n) is 4.40. The molecule has 0 N–H and O–H groups in total. The second kappa shape index (κ2) is 10.0. The van der Waals surface area contributed by atoms with Gasteiger partial charge < -0.3 is 19.1 Å². The van der Waals surface area contributed by atoms with Crippen molar-refractivity contribution in [3.05, 3.63) is 65.9 Å². The maximum Gasteiger partial charge on any atom is 0.337 e. The molecule has 8 nitrogen and oxygen atoms in total. The highest BCUT2D eigenvalue weighted by Crippen LogP contribution is 2.45. The van der Waals surface area contributed by atoms with Crippen LogP contribution in [0.2, 0.25) is 0 Å². The van der Waals surface area contributed by atoms with Crippen LogP contribution in [0.15, 0.2) is 65.4 Å². The minimum absolute atomic E-state index is 0.191. The van der Waals surface area contributed by atoms with Crippen LogP contribution < -0.4 is 0 Å². The van der Waals surface area contributed by atoms with Gasteiger partial charge in [0.2, 0.25) is 0 Å². The molecule has 33 heavy (non-hydrogen) atoms. The Bertz CT molecular complexity index is 1010. The van der Waals surface area contributed by atoms with Crippen molar-refractivity contribution >= 4 is 23.3 Å². The molecule has 2 atom stereocenters. The SMILES string of the molecule is C=CC1C(C(=O)OCC)C(C(=O)OCC)=C2C(c3ccccc3)=CC(N3CCOCC3)=NN21. The Morgan fingerprint density at radius 1 is 1.15 bits per heavy atom. The molecule has 8 heteroatoms. The van der Waals surface area contributed by atoms with Crippen LogP contribution in [0.3, 0.4) is 0 Å².